The first kappa shape index (κ1) is 22.8. The average molecular weight is 446 g/mol. The molecule has 2 aromatic carbocycles. The van der Waals surface area contributed by atoms with Crippen LogP contribution in [0, 0.1) is 0 Å². The van der Waals surface area contributed by atoms with Gasteiger partial charge in [-0.1, -0.05) is 30.3 Å². The quantitative estimate of drug-likeness (QED) is 0.678. The monoisotopic (exact) mass is 445 g/mol. The minimum Gasteiger partial charge on any atom is -0.495 e. The third-order valence-electron chi connectivity index (χ3n) is 5.20. The van der Waals surface area contributed by atoms with Gasteiger partial charge in [0.15, 0.2) is 0 Å². The molecule has 1 heterocycles. The molecule has 1 fully saturated rings. The van der Waals surface area contributed by atoms with Crippen molar-refractivity contribution in [2.75, 3.05) is 20.7 Å². The zero-order chi connectivity index (χ0) is 22.4. The third-order valence-corrected chi connectivity index (χ3v) is 7.03. The van der Waals surface area contributed by atoms with Crippen molar-refractivity contribution in [3.8, 4) is 5.75 Å². The number of benzene rings is 2. The highest BCUT2D eigenvalue weighted by atomic mass is 32.2. The average Bonchev–Trinajstić information content (AvgIpc) is 2.97. The lowest BCUT2D eigenvalue weighted by Gasteiger charge is -2.20. The molecule has 0 saturated carbocycles. The summed E-state index contributed by atoms with van der Waals surface area (Å²) in [5.74, 6) is -0.592. The second-order valence-electron chi connectivity index (χ2n) is 7.43. The van der Waals surface area contributed by atoms with E-state index in [2.05, 4.69) is 10.6 Å². The molecular formula is C22H27N3O5S. The first-order chi connectivity index (χ1) is 14.8. The molecule has 1 atom stereocenters. The minimum absolute atomic E-state index is 0.105. The van der Waals surface area contributed by atoms with Crippen LogP contribution in [0.3, 0.4) is 0 Å². The molecule has 2 N–H and O–H groups in total. The van der Waals surface area contributed by atoms with Crippen LogP contribution in [0.4, 0.5) is 0 Å². The molecule has 1 unspecified atom stereocenters. The number of sulfonamides is 1. The number of amides is 2. The van der Waals surface area contributed by atoms with Gasteiger partial charge in [-0.15, -0.1) is 0 Å². The van der Waals surface area contributed by atoms with Crippen molar-refractivity contribution >= 4 is 21.8 Å². The van der Waals surface area contributed by atoms with E-state index in [1.807, 2.05) is 30.3 Å². The Hall–Kier alpha value is -2.91. The highest BCUT2D eigenvalue weighted by molar-refractivity contribution is 7.89. The number of methoxy groups -OCH3 is 1. The molecule has 166 valence electrons. The second kappa shape index (κ2) is 9.93. The summed E-state index contributed by atoms with van der Waals surface area (Å²) in [6.45, 7) is 0.759. The standard InChI is InChI=1S/C22H27N3O5S/c1-25(15-16-8-4-3-5-9-16)31(28,29)20-14-17(11-12-19(20)30-2)21(26)24-18-10-6-7-13-23-22(18)27/h3-5,8-9,11-12,14,18H,6-7,10,13,15H2,1-2H3,(H,23,27)(H,24,26). The van der Waals surface area contributed by atoms with Gasteiger partial charge < -0.3 is 15.4 Å². The van der Waals surface area contributed by atoms with Crippen LogP contribution in [-0.4, -0.2) is 51.3 Å². The maximum Gasteiger partial charge on any atom is 0.251 e. The molecule has 0 bridgehead atoms. The van der Waals surface area contributed by atoms with E-state index in [1.165, 1.54) is 36.7 Å². The summed E-state index contributed by atoms with van der Waals surface area (Å²) in [6.07, 6.45) is 2.21. The van der Waals surface area contributed by atoms with Crippen LogP contribution < -0.4 is 15.4 Å². The molecule has 1 saturated heterocycles. The fraction of sp³-hybridized carbons (Fsp3) is 0.364. The molecule has 0 aromatic heterocycles. The van der Waals surface area contributed by atoms with E-state index in [-0.39, 0.29) is 28.7 Å². The largest absolute Gasteiger partial charge is 0.495 e. The highest BCUT2D eigenvalue weighted by Crippen LogP contribution is 2.28. The summed E-state index contributed by atoms with van der Waals surface area (Å²) in [4.78, 5) is 24.8. The number of hydrogen-bond acceptors (Lipinski definition) is 5. The maximum absolute atomic E-state index is 13.2. The zero-order valence-electron chi connectivity index (χ0n) is 17.6. The minimum atomic E-state index is -3.94. The van der Waals surface area contributed by atoms with Gasteiger partial charge in [-0.05, 0) is 43.0 Å². The van der Waals surface area contributed by atoms with Gasteiger partial charge in [-0.2, -0.15) is 4.31 Å². The summed E-state index contributed by atoms with van der Waals surface area (Å²) in [5.41, 5.74) is 0.977. The number of rotatable bonds is 7. The summed E-state index contributed by atoms with van der Waals surface area (Å²) in [5, 5.41) is 5.48. The van der Waals surface area contributed by atoms with Gasteiger partial charge in [0, 0.05) is 25.7 Å². The summed E-state index contributed by atoms with van der Waals surface area (Å²) in [7, 11) is -1.08. The van der Waals surface area contributed by atoms with Gasteiger partial charge in [0.05, 0.1) is 7.11 Å². The fourth-order valence-electron chi connectivity index (χ4n) is 3.43. The van der Waals surface area contributed by atoms with Crippen LogP contribution in [0.2, 0.25) is 0 Å². The van der Waals surface area contributed by atoms with Crippen LogP contribution in [-0.2, 0) is 21.4 Å². The van der Waals surface area contributed by atoms with Crippen LogP contribution in [0.5, 0.6) is 5.75 Å². The number of nitrogens with zero attached hydrogens (tertiary/aromatic N) is 1. The van der Waals surface area contributed by atoms with Crippen molar-refractivity contribution in [3.05, 3.63) is 59.7 Å². The van der Waals surface area contributed by atoms with Gasteiger partial charge >= 0.3 is 0 Å². The Bertz CT molecular complexity index is 1040. The van der Waals surface area contributed by atoms with Crippen LogP contribution in [0.25, 0.3) is 0 Å². The lowest BCUT2D eigenvalue weighted by atomic mass is 10.1. The molecule has 8 nitrogen and oxygen atoms in total. The molecule has 31 heavy (non-hydrogen) atoms. The normalized spacial score (nSPS) is 17.0. The predicted octanol–water partition coefficient (Wildman–Crippen LogP) is 1.91. The molecule has 1 aliphatic rings. The van der Waals surface area contributed by atoms with Crippen molar-refractivity contribution in [2.24, 2.45) is 0 Å². The van der Waals surface area contributed by atoms with Crippen molar-refractivity contribution < 1.29 is 22.7 Å². The Morgan fingerprint density at radius 2 is 1.94 bits per heavy atom. The number of hydrogen-bond donors (Lipinski definition) is 2. The van der Waals surface area contributed by atoms with Crippen molar-refractivity contribution in [3.63, 3.8) is 0 Å². The van der Waals surface area contributed by atoms with Crippen LogP contribution in [0.1, 0.15) is 35.2 Å². The van der Waals surface area contributed by atoms with Gasteiger partial charge in [0.1, 0.15) is 16.7 Å². The van der Waals surface area contributed by atoms with E-state index in [9.17, 15) is 18.0 Å². The molecule has 2 aromatic rings. The van der Waals surface area contributed by atoms with Crippen molar-refractivity contribution in [1.29, 1.82) is 0 Å². The Morgan fingerprint density at radius 1 is 1.19 bits per heavy atom. The van der Waals surface area contributed by atoms with E-state index < -0.39 is 22.0 Å². The molecular weight excluding hydrogens is 418 g/mol. The van der Waals surface area contributed by atoms with Crippen molar-refractivity contribution in [1.82, 2.24) is 14.9 Å². The molecule has 3 rings (SSSR count). The lowest BCUT2D eigenvalue weighted by molar-refractivity contribution is -0.122. The SMILES string of the molecule is COc1ccc(C(=O)NC2CCCCNC2=O)cc1S(=O)(=O)N(C)Cc1ccccc1. The third kappa shape index (κ3) is 5.42. The Labute approximate surface area is 182 Å². The lowest BCUT2D eigenvalue weighted by Crippen LogP contribution is -2.45. The molecule has 9 heteroatoms. The topological polar surface area (TPSA) is 105 Å². The van der Waals surface area contributed by atoms with Crippen LogP contribution >= 0.6 is 0 Å². The zero-order valence-corrected chi connectivity index (χ0v) is 18.4. The Balaban J connectivity index is 1.85. The van der Waals surface area contributed by atoms with E-state index in [1.54, 1.807) is 0 Å². The Morgan fingerprint density at radius 3 is 2.65 bits per heavy atom. The van der Waals surface area contributed by atoms with Gasteiger partial charge in [-0.3, -0.25) is 9.59 Å². The highest BCUT2D eigenvalue weighted by Gasteiger charge is 2.28. The fourth-order valence-corrected chi connectivity index (χ4v) is 4.77. The number of ether oxygens (including phenoxy) is 1. The summed E-state index contributed by atoms with van der Waals surface area (Å²) < 4.78 is 32.9. The number of carbonyl (C=O) groups excluding carboxylic acids is 2. The van der Waals surface area contributed by atoms with E-state index in [0.717, 1.165) is 18.4 Å². The van der Waals surface area contributed by atoms with E-state index in [0.29, 0.717) is 13.0 Å². The molecule has 2 amide bonds. The summed E-state index contributed by atoms with van der Waals surface area (Å²) >= 11 is 0. The van der Waals surface area contributed by atoms with Crippen LogP contribution in [0.15, 0.2) is 53.4 Å². The molecule has 0 spiro atoms. The van der Waals surface area contributed by atoms with Gasteiger partial charge in [0.25, 0.3) is 5.91 Å². The second-order valence-corrected chi connectivity index (χ2v) is 9.44. The van der Waals surface area contributed by atoms with Crippen molar-refractivity contribution in [2.45, 2.75) is 36.7 Å². The smallest absolute Gasteiger partial charge is 0.251 e. The molecule has 1 aliphatic heterocycles. The van der Waals surface area contributed by atoms with Gasteiger partial charge in [-0.25, -0.2) is 8.42 Å². The number of nitrogens with one attached hydrogen (secondary N) is 2. The summed E-state index contributed by atoms with van der Waals surface area (Å²) in [6, 6.07) is 12.8. The van der Waals surface area contributed by atoms with E-state index >= 15 is 0 Å². The maximum atomic E-state index is 13.2. The van der Waals surface area contributed by atoms with E-state index in [4.69, 9.17) is 4.74 Å². The predicted molar refractivity (Wildman–Crippen MR) is 116 cm³/mol. The first-order valence-electron chi connectivity index (χ1n) is 10.1. The Kier molecular flexibility index (Phi) is 7.29. The number of carbonyl (C=O) groups is 2. The first-order valence-corrected chi connectivity index (χ1v) is 11.5. The van der Waals surface area contributed by atoms with Gasteiger partial charge in [0.2, 0.25) is 15.9 Å². The molecule has 0 radical (unpaired) electrons. The molecule has 0 aliphatic carbocycles.